The van der Waals surface area contributed by atoms with Crippen molar-refractivity contribution < 1.29 is 4.52 Å². The molecule has 1 N–H and O–H groups in total. The largest absolute Gasteiger partial charge is 0.351 e. The fourth-order valence-corrected chi connectivity index (χ4v) is 4.79. The van der Waals surface area contributed by atoms with Gasteiger partial charge in [-0.2, -0.15) is 4.98 Å². The van der Waals surface area contributed by atoms with Gasteiger partial charge in [-0.3, -0.25) is 4.90 Å². The Balaban J connectivity index is 1.66. The Morgan fingerprint density at radius 1 is 1.06 bits per heavy atom. The maximum atomic E-state index is 6.12. The minimum Gasteiger partial charge on any atom is -0.351 e. The number of rotatable bonds is 4. The second-order valence-corrected chi connectivity index (χ2v) is 8.78. The van der Waals surface area contributed by atoms with Crippen molar-refractivity contribution in [3.05, 3.63) is 94.3 Å². The molecule has 1 aliphatic heterocycles. The van der Waals surface area contributed by atoms with Gasteiger partial charge >= 0.3 is 0 Å². The molecule has 1 atom stereocenters. The summed E-state index contributed by atoms with van der Waals surface area (Å²) in [6, 6.07) is 21.4. The van der Waals surface area contributed by atoms with E-state index in [4.69, 9.17) is 33.3 Å². The molecule has 1 aliphatic rings. The maximum Gasteiger partial charge on any atom is 0.258 e. The predicted octanol–water partition coefficient (Wildman–Crippen LogP) is 6.32. The number of para-hydroxylation sites is 1. The maximum absolute atomic E-state index is 6.12. The molecule has 2 aromatic heterocycles. The Morgan fingerprint density at radius 2 is 1.84 bits per heavy atom. The van der Waals surface area contributed by atoms with Crippen LogP contribution in [-0.2, 0) is 0 Å². The SMILES string of the molecule is CC1=C(c2nc(-c3cccs3)no2)C(c2ccc(Cl)cc2)NC(=S)N1c1ccccc1. The minimum atomic E-state index is -0.249. The second-order valence-electron chi connectivity index (χ2n) is 7.00. The lowest BCUT2D eigenvalue weighted by atomic mass is 9.94. The first-order valence-electron chi connectivity index (χ1n) is 9.61. The summed E-state index contributed by atoms with van der Waals surface area (Å²) in [5.74, 6) is 1.02. The number of allylic oxidation sites excluding steroid dienone is 1. The van der Waals surface area contributed by atoms with Crippen molar-refractivity contribution in [2.75, 3.05) is 4.90 Å². The zero-order valence-corrected chi connectivity index (χ0v) is 18.8. The van der Waals surface area contributed by atoms with Crippen LogP contribution in [0.3, 0.4) is 0 Å². The van der Waals surface area contributed by atoms with Crippen LogP contribution in [0.1, 0.15) is 24.4 Å². The molecule has 0 spiro atoms. The zero-order valence-electron chi connectivity index (χ0n) is 16.4. The summed E-state index contributed by atoms with van der Waals surface area (Å²) in [4.78, 5) is 7.66. The predicted molar refractivity (Wildman–Crippen MR) is 129 cm³/mol. The van der Waals surface area contributed by atoms with Crippen molar-refractivity contribution in [2.45, 2.75) is 13.0 Å². The quantitative estimate of drug-likeness (QED) is 0.357. The van der Waals surface area contributed by atoms with E-state index in [9.17, 15) is 0 Å². The van der Waals surface area contributed by atoms with Gasteiger partial charge in [0.25, 0.3) is 5.89 Å². The molecule has 0 amide bonds. The van der Waals surface area contributed by atoms with Gasteiger partial charge in [0.15, 0.2) is 5.11 Å². The summed E-state index contributed by atoms with van der Waals surface area (Å²) in [5.41, 5.74) is 3.76. The monoisotopic (exact) mass is 464 g/mol. The van der Waals surface area contributed by atoms with E-state index in [-0.39, 0.29) is 6.04 Å². The van der Waals surface area contributed by atoms with Gasteiger partial charge in [0.1, 0.15) is 0 Å². The molecule has 0 radical (unpaired) electrons. The molecule has 0 aliphatic carbocycles. The van der Waals surface area contributed by atoms with Gasteiger partial charge in [-0.25, -0.2) is 0 Å². The van der Waals surface area contributed by atoms with Crippen molar-refractivity contribution in [2.24, 2.45) is 0 Å². The molecular weight excluding hydrogens is 448 g/mol. The van der Waals surface area contributed by atoms with Gasteiger partial charge in [-0.05, 0) is 60.4 Å². The number of thiophene rings is 1. The highest BCUT2D eigenvalue weighted by atomic mass is 35.5. The first-order valence-corrected chi connectivity index (χ1v) is 11.3. The van der Waals surface area contributed by atoms with Crippen molar-refractivity contribution >= 4 is 51.5 Å². The van der Waals surface area contributed by atoms with Gasteiger partial charge in [0.2, 0.25) is 5.82 Å². The Hall–Kier alpha value is -3.00. The molecule has 0 fully saturated rings. The zero-order chi connectivity index (χ0) is 21.4. The van der Waals surface area contributed by atoms with Crippen molar-refractivity contribution in [1.82, 2.24) is 15.5 Å². The molecule has 5 rings (SSSR count). The van der Waals surface area contributed by atoms with Gasteiger partial charge < -0.3 is 9.84 Å². The summed E-state index contributed by atoms with van der Waals surface area (Å²) in [7, 11) is 0. The number of anilines is 1. The van der Waals surface area contributed by atoms with Gasteiger partial charge in [0.05, 0.1) is 16.5 Å². The van der Waals surface area contributed by atoms with Crippen LogP contribution in [0, 0.1) is 0 Å². The minimum absolute atomic E-state index is 0.249. The topological polar surface area (TPSA) is 54.2 Å². The number of halogens is 1. The highest BCUT2D eigenvalue weighted by molar-refractivity contribution is 7.80. The summed E-state index contributed by atoms with van der Waals surface area (Å²) in [5, 5.41) is 10.9. The third kappa shape index (κ3) is 3.76. The molecule has 154 valence electrons. The lowest BCUT2D eigenvalue weighted by Gasteiger charge is -2.37. The average Bonchev–Trinajstić information content (AvgIpc) is 3.47. The Kier molecular flexibility index (Phi) is 5.31. The van der Waals surface area contributed by atoms with Crippen LogP contribution >= 0.6 is 35.2 Å². The van der Waals surface area contributed by atoms with E-state index in [1.807, 2.05) is 83.9 Å². The fourth-order valence-electron chi connectivity index (χ4n) is 3.65. The molecule has 8 heteroatoms. The second kappa shape index (κ2) is 8.26. The smallest absolute Gasteiger partial charge is 0.258 e. The third-order valence-corrected chi connectivity index (χ3v) is 6.52. The van der Waals surface area contributed by atoms with Gasteiger partial charge in [0, 0.05) is 16.4 Å². The first kappa shape index (κ1) is 19.9. The number of benzene rings is 2. The lowest BCUT2D eigenvalue weighted by Crippen LogP contribution is -2.46. The lowest BCUT2D eigenvalue weighted by molar-refractivity contribution is 0.404. The number of nitrogens with zero attached hydrogens (tertiary/aromatic N) is 3. The molecule has 0 bridgehead atoms. The van der Waals surface area contributed by atoms with Crippen molar-refractivity contribution in [1.29, 1.82) is 0 Å². The van der Waals surface area contributed by atoms with Crippen molar-refractivity contribution in [3.8, 4) is 10.7 Å². The van der Waals surface area contributed by atoms with Crippen LogP contribution in [0.15, 0.2) is 82.3 Å². The molecule has 4 aromatic rings. The van der Waals surface area contributed by atoms with Crippen LogP contribution in [0.25, 0.3) is 16.3 Å². The molecule has 3 heterocycles. The standard InChI is InChI=1S/C23H17ClN4OS2/c1-14-19(22-26-21(27-29-22)18-8-5-13-31-18)20(15-9-11-16(24)12-10-15)25-23(30)28(14)17-6-3-2-4-7-17/h2-13,20H,1H3,(H,25,30). The van der Waals surface area contributed by atoms with E-state index in [2.05, 4.69) is 10.5 Å². The number of nitrogens with one attached hydrogen (secondary N) is 1. The van der Waals surface area contributed by atoms with Gasteiger partial charge in [-0.1, -0.05) is 53.2 Å². The number of hydrogen-bond acceptors (Lipinski definition) is 5. The molecule has 0 saturated heterocycles. The molecule has 5 nitrogen and oxygen atoms in total. The third-order valence-electron chi connectivity index (χ3n) is 5.10. The van der Waals surface area contributed by atoms with E-state index < -0.39 is 0 Å². The summed E-state index contributed by atoms with van der Waals surface area (Å²) >= 11 is 13.4. The summed E-state index contributed by atoms with van der Waals surface area (Å²) in [6.07, 6.45) is 0. The Bertz CT molecular complexity index is 1250. The molecule has 2 aromatic carbocycles. The van der Waals surface area contributed by atoms with Crippen LogP contribution in [0.5, 0.6) is 0 Å². The molecule has 31 heavy (non-hydrogen) atoms. The van der Waals surface area contributed by atoms with E-state index in [1.165, 1.54) is 0 Å². The number of thiocarbonyl (C=S) groups is 1. The van der Waals surface area contributed by atoms with Crippen LogP contribution in [-0.4, -0.2) is 15.3 Å². The van der Waals surface area contributed by atoms with E-state index in [0.29, 0.717) is 21.9 Å². The van der Waals surface area contributed by atoms with Crippen LogP contribution in [0.4, 0.5) is 5.69 Å². The molecular formula is C23H17ClN4OS2. The van der Waals surface area contributed by atoms with Crippen LogP contribution in [0.2, 0.25) is 5.02 Å². The van der Waals surface area contributed by atoms with E-state index >= 15 is 0 Å². The van der Waals surface area contributed by atoms with Crippen LogP contribution < -0.4 is 10.2 Å². The van der Waals surface area contributed by atoms with E-state index in [0.717, 1.165) is 27.4 Å². The normalized spacial score (nSPS) is 16.5. The number of hydrogen-bond donors (Lipinski definition) is 1. The fraction of sp³-hybridized carbons (Fsp3) is 0.0870. The Morgan fingerprint density at radius 3 is 2.55 bits per heavy atom. The Labute approximate surface area is 194 Å². The van der Waals surface area contributed by atoms with Gasteiger partial charge in [-0.15, -0.1) is 11.3 Å². The average molecular weight is 465 g/mol. The van der Waals surface area contributed by atoms with Crippen molar-refractivity contribution in [3.63, 3.8) is 0 Å². The highest BCUT2D eigenvalue weighted by Crippen LogP contribution is 2.39. The molecule has 0 saturated carbocycles. The summed E-state index contributed by atoms with van der Waals surface area (Å²) < 4.78 is 5.74. The first-order chi connectivity index (χ1) is 15.1. The molecule has 1 unspecified atom stereocenters. The van der Waals surface area contributed by atoms with E-state index in [1.54, 1.807) is 11.3 Å². The number of aromatic nitrogens is 2. The summed E-state index contributed by atoms with van der Waals surface area (Å²) in [6.45, 7) is 2.02. The highest BCUT2D eigenvalue weighted by Gasteiger charge is 2.34.